The molecule has 3 aromatic carbocycles. The normalized spacial score (nSPS) is 24.5. The Morgan fingerprint density at radius 2 is 1.35 bits per heavy atom. The second-order valence-corrected chi connectivity index (χ2v) is 19.7. The predicted octanol–water partition coefficient (Wildman–Crippen LogP) is 12.4. The molecule has 7 rings (SSSR count). The van der Waals surface area contributed by atoms with Gasteiger partial charge in [0.2, 0.25) is 0 Å². The van der Waals surface area contributed by atoms with E-state index in [2.05, 4.69) is 92.2 Å². The molecule has 4 aliphatic rings. The molecule has 330 valence electrons. The fourth-order valence-corrected chi connectivity index (χ4v) is 11.9. The second-order valence-electron chi connectivity index (χ2n) is 18.0. The van der Waals surface area contributed by atoms with Gasteiger partial charge < -0.3 is 19.1 Å². The van der Waals surface area contributed by atoms with Gasteiger partial charge in [0.05, 0.1) is 25.9 Å². The van der Waals surface area contributed by atoms with Gasteiger partial charge in [-0.2, -0.15) is 51.3 Å². The van der Waals surface area contributed by atoms with Crippen molar-refractivity contribution in [2.75, 3.05) is 45.7 Å². The van der Waals surface area contributed by atoms with Gasteiger partial charge in [-0.3, -0.25) is 0 Å². The van der Waals surface area contributed by atoms with Gasteiger partial charge >= 0.3 is 24.1 Å². The quantitative estimate of drug-likeness (QED) is 0.142. The van der Waals surface area contributed by atoms with Crippen molar-refractivity contribution in [3.8, 4) is 16.9 Å². The number of nitrogens with zero attached hydrogens (tertiary/aromatic N) is 1. The van der Waals surface area contributed by atoms with Crippen LogP contribution in [0.3, 0.4) is 0 Å². The van der Waals surface area contributed by atoms with Crippen molar-refractivity contribution in [1.82, 2.24) is 4.90 Å². The van der Waals surface area contributed by atoms with E-state index >= 15 is 0 Å². The zero-order valence-corrected chi connectivity index (χ0v) is 35.2. The minimum absolute atomic E-state index is 0.0312. The summed E-state index contributed by atoms with van der Waals surface area (Å²) < 4.78 is 135. The highest BCUT2D eigenvalue weighted by molar-refractivity contribution is 8.00. The highest BCUT2D eigenvalue weighted by atomic mass is 32.2. The first-order chi connectivity index (χ1) is 28.2. The van der Waals surface area contributed by atoms with Crippen molar-refractivity contribution in [2.45, 2.75) is 113 Å². The van der Waals surface area contributed by atoms with E-state index in [0.717, 1.165) is 56.4 Å². The van der Waals surface area contributed by atoms with Crippen LogP contribution < -0.4 is 4.74 Å². The lowest BCUT2D eigenvalue weighted by Crippen LogP contribution is -2.68. The SMILES string of the molecule is CN(CCO[C@H]1CC[C@H]2C3CCc4cc(OCCC(C)(C)SCC5c6ccccc6-c6ccccc65)ccc4C3CC[C@]12C)CCOC(C(F)(F)F)(C(F)(F)F)C(F)(F)F. The summed E-state index contributed by atoms with van der Waals surface area (Å²) in [4.78, 5) is 1.31. The van der Waals surface area contributed by atoms with Crippen LogP contribution in [0.4, 0.5) is 39.5 Å². The number of rotatable bonds is 15. The monoisotopic (exact) mass is 871 g/mol. The minimum Gasteiger partial charge on any atom is -0.494 e. The zero-order chi connectivity index (χ0) is 43.3. The third-order valence-electron chi connectivity index (χ3n) is 14.0. The first-order valence-corrected chi connectivity index (χ1v) is 21.9. The van der Waals surface area contributed by atoms with Crippen molar-refractivity contribution in [1.29, 1.82) is 0 Å². The van der Waals surface area contributed by atoms with E-state index < -0.39 is 37.3 Å². The van der Waals surface area contributed by atoms with E-state index in [4.69, 9.17) is 9.47 Å². The summed E-state index contributed by atoms with van der Waals surface area (Å²) in [5.74, 6) is 3.64. The Kier molecular flexibility index (Phi) is 12.8. The van der Waals surface area contributed by atoms with Crippen LogP contribution in [0.1, 0.15) is 93.4 Å². The lowest BCUT2D eigenvalue weighted by atomic mass is 9.55. The minimum atomic E-state index is -6.74. The van der Waals surface area contributed by atoms with Crippen molar-refractivity contribution >= 4 is 11.8 Å². The molecule has 0 spiro atoms. The maximum Gasteiger partial charge on any atom is 0.435 e. The van der Waals surface area contributed by atoms with Gasteiger partial charge in [0.1, 0.15) is 5.75 Å². The van der Waals surface area contributed by atoms with Crippen molar-refractivity contribution in [3.63, 3.8) is 0 Å². The summed E-state index contributed by atoms with van der Waals surface area (Å²) in [6, 6.07) is 24.1. The van der Waals surface area contributed by atoms with Crippen LogP contribution in [0.25, 0.3) is 11.1 Å². The van der Waals surface area contributed by atoms with Gasteiger partial charge in [0, 0.05) is 29.5 Å². The molecule has 0 aromatic heterocycles. The molecule has 5 atom stereocenters. The van der Waals surface area contributed by atoms with E-state index in [0.29, 0.717) is 30.3 Å². The molecule has 2 unspecified atom stereocenters. The largest absolute Gasteiger partial charge is 0.494 e. The van der Waals surface area contributed by atoms with Gasteiger partial charge in [-0.15, -0.1) is 0 Å². The first-order valence-electron chi connectivity index (χ1n) is 20.9. The number of likely N-dealkylation sites (N-methyl/N-ethyl adjacent to an activating group) is 1. The lowest BCUT2D eigenvalue weighted by Gasteiger charge is -2.50. The summed E-state index contributed by atoms with van der Waals surface area (Å²) in [5.41, 5.74) is 1.89. The van der Waals surface area contributed by atoms with E-state index in [-0.39, 0.29) is 29.4 Å². The molecule has 0 saturated heterocycles. The van der Waals surface area contributed by atoms with Crippen LogP contribution in [-0.2, 0) is 15.9 Å². The fourth-order valence-electron chi connectivity index (χ4n) is 10.7. The van der Waals surface area contributed by atoms with Gasteiger partial charge in [0.25, 0.3) is 0 Å². The summed E-state index contributed by atoms with van der Waals surface area (Å²) in [6.07, 6.45) is -13.6. The van der Waals surface area contributed by atoms with Crippen molar-refractivity contribution < 1.29 is 53.7 Å². The average Bonchev–Trinajstić information content (AvgIpc) is 3.68. The van der Waals surface area contributed by atoms with E-state index in [1.165, 1.54) is 45.3 Å². The molecule has 0 aliphatic heterocycles. The Morgan fingerprint density at radius 3 is 1.98 bits per heavy atom. The number of thioether (sulfide) groups is 1. The molecule has 2 saturated carbocycles. The van der Waals surface area contributed by atoms with Crippen molar-refractivity contribution in [3.05, 3.63) is 89.0 Å². The van der Waals surface area contributed by atoms with Gasteiger partial charge in [-0.25, -0.2) is 0 Å². The maximum absolute atomic E-state index is 13.2. The smallest absolute Gasteiger partial charge is 0.435 e. The molecule has 0 heterocycles. The Bertz CT molecular complexity index is 1880. The number of alkyl halides is 9. The fraction of sp³-hybridized carbons (Fsp3) is 0.609. The molecule has 14 heteroatoms. The maximum atomic E-state index is 13.2. The van der Waals surface area contributed by atoms with E-state index in [9.17, 15) is 39.5 Å². The Hall–Kier alpha value is -2.94. The first kappa shape index (κ1) is 45.1. The van der Waals surface area contributed by atoms with Gasteiger partial charge in [-0.05, 0) is 121 Å². The molecule has 2 fully saturated rings. The van der Waals surface area contributed by atoms with Crippen LogP contribution in [0.15, 0.2) is 66.7 Å². The number of ether oxygens (including phenoxy) is 3. The summed E-state index contributed by atoms with van der Waals surface area (Å²) in [6.45, 7) is 5.69. The van der Waals surface area contributed by atoms with Crippen LogP contribution in [0, 0.1) is 17.3 Å². The topological polar surface area (TPSA) is 30.9 Å². The second kappa shape index (κ2) is 17.0. The number of benzene rings is 3. The molecule has 60 heavy (non-hydrogen) atoms. The molecule has 0 radical (unpaired) electrons. The Morgan fingerprint density at radius 1 is 0.733 bits per heavy atom. The zero-order valence-electron chi connectivity index (χ0n) is 34.4. The molecule has 0 N–H and O–H groups in total. The third kappa shape index (κ3) is 8.57. The number of hydrogen-bond donors (Lipinski definition) is 0. The van der Waals surface area contributed by atoms with Gasteiger partial charge in [0.15, 0.2) is 0 Å². The molecular weight excluding hydrogens is 818 g/mol. The number of hydrogen-bond acceptors (Lipinski definition) is 5. The Labute approximate surface area is 350 Å². The molecule has 4 nitrogen and oxygen atoms in total. The average molecular weight is 872 g/mol. The van der Waals surface area contributed by atoms with E-state index in [1.54, 1.807) is 0 Å². The summed E-state index contributed by atoms with van der Waals surface area (Å²) in [7, 11) is 1.39. The standard InChI is InChI=1S/C46H54F9NO3S/c1-41(2,60-28-38-34-11-7-5-9-32(34)33-10-6-8-12-35(33)38)21-24-57-30-14-16-31-29(27-30)13-15-37-36(31)19-20-42(3)39(37)17-18-40(42)58-25-22-56(4)23-26-59-43(44(47,48)49,45(50,51)52)46(53,54)55/h5-12,14,16,27,36-40H,13,15,17-26,28H2,1-4H3/t36?,37?,39-,40-,42-/m0/s1. The highest BCUT2D eigenvalue weighted by Gasteiger charge is 2.85. The molecule has 0 bridgehead atoms. The van der Waals surface area contributed by atoms with Crippen LogP contribution in [0.5, 0.6) is 5.75 Å². The molecule has 3 aromatic rings. The van der Waals surface area contributed by atoms with Crippen LogP contribution >= 0.6 is 11.8 Å². The van der Waals surface area contributed by atoms with Crippen molar-refractivity contribution in [2.24, 2.45) is 17.3 Å². The molecule has 0 amide bonds. The Balaban J connectivity index is 0.873. The number of halogens is 9. The van der Waals surface area contributed by atoms with Gasteiger partial charge in [-0.1, -0.05) is 75.4 Å². The van der Waals surface area contributed by atoms with E-state index in [1.807, 2.05) is 11.8 Å². The third-order valence-corrected chi connectivity index (χ3v) is 15.5. The number of aryl methyl sites for hydroxylation is 1. The molecule has 4 aliphatic carbocycles. The lowest BCUT2D eigenvalue weighted by molar-refractivity contribution is -0.457. The molecular formula is C46H54F9NO3S. The number of fused-ring (bicyclic) bond motifs is 8. The van der Waals surface area contributed by atoms with Crippen LogP contribution in [-0.4, -0.2) is 85.6 Å². The summed E-state index contributed by atoms with van der Waals surface area (Å²) >= 11 is 2.00. The predicted molar refractivity (Wildman–Crippen MR) is 216 cm³/mol. The highest BCUT2D eigenvalue weighted by Crippen LogP contribution is 2.62. The summed E-state index contributed by atoms with van der Waals surface area (Å²) in [5, 5.41) is 0. The van der Waals surface area contributed by atoms with Crippen LogP contribution in [0.2, 0.25) is 0 Å².